The molecule has 0 saturated heterocycles. The molecule has 0 aliphatic heterocycles. The Bertz CT molecular complexity index is 476. The van der Waals surface area contributed by atoms with E-state index in [1.807, 2.05) is 6.07 Å². The van der Waals surface area contributed by atoms with E-state index in [9.17, 15) is 0 Å². The van der Waals surface area contributed by atoms with Gasteiger partial charge in [-0.3, -0.25) is 4.90 Å². The molecule has 2 N–H and O–H groups in total. The molecule has 1 aliphatic rings. The maximum atomic E-state index is 5.47. The minimum Gasteiger partial charge on any atom is -0.320 e. The third-order valence-corrected chi connectivity index (χ3v) is 4.37. The molecule has 0 radical (unpaired) electrons. The Morgan fingerprint density at radius 1 is 1.20 bits per heavy atom. The van der Waals surface area contributed by atoms with Crippen LogP contribution >= 0.6 is 0 Å². The standard InChI is InChI=1S/C18H26N2/c1-15-9-11-18(12-10-15)20(2)14-17-7-4-3-6-16(17)8-5-13-19/h3-4,6-7,15,18H,9-14,19H2,1-2H3. The van der Waals surface area contributed by atoms with Gasteiger partial charge in [-0.1, -0.05) is 37.0 Å². The second-order valence-corrected chi connectivity index (χ2v) is 5.99. The summed E-state index contributed by atoms with van der Waals surface area (Å²) in [5.41, 5.74) is 7.91. The van der Waals surface area contributed by atoms with Crippen molar-refractivity contribution in [2.24, 2.45) is 11.7 Å². The van der Waals surface area contributed by atoms with Gasteiger partial charge in [0.1, 0.15) is 0 Å². The second-order valence-electron chi connectivity index (χ2n) is 5.99. The number of hydrogen-bond donors (Lipinski definition) is 1. The van der Waals surface area contributed by atoms with Crippen LogP contribution in [0.5, 0.6) is 0 Å². The minimum absolute atomic E-state index is 0.421. The maximum Gasteiger partial charge on any atom is 0.0555 e. The van der Waals surface area contributed by atoms with Crippen LogP contribution in [-0.2, 0) is 6.54 Å². The first-order valence-corrected chi connectivity index (χ1v) is 7.67. The molecule has 0 bridgehead atoms. The van der Waals surface area contributed by atoms with Crippen molar-refractivity contribution in [1.29, 1.82) is 0 Å². The van der Waals surface area contributed by atoms with Gasteiger partial charge in [0.15, 0.2) is 0 Å². The summed E-state index contributed by atoms with van der Waals surface area (Å²) in [4.78, 5) is 2.49. The van der Waals surface area contributed by atoms with Crippen molar-refractivity contribution in [3.63, 3.8) is 0 Å². The smallest absolute Gasteiger partial charge is 0.0555 e. The first-order chi connectivity index (χ1) is 9.70. The van der Waals surface area contributed by atoms with Crippen LogP contribution in [0, 0.1) is 17.8 Å². The molecule has 0 spiro atoms. The Balaban J connectivity index is 2.02. The average molecular weight is 270 g/mol. The van der Waals surface area contributed by atoms with E-state index < -0.39 is 0 Å². The van der Waals surface area contributed by atoms with E-state index in [4.69, 9.17) is 5.73 Å². The van der Waals surface area contributed by atoms with Crippen LogP contribution in [0.1, 0.15) is 43.7 Å². The Kier molecular flexibility index (Phi) is 5.64. The summed E-state index contributed by atoms with van der Waals surface area (Å²) in [5.74, 6) is 7.05. The summed E-state index contributed by atoms with van der Waals surface area (Å²) in [5, 5.41) is 0. The van der Waals surface area contributed by atoms with Crippen molar-refractivity contribution < 1.29 is 0 Å². The van der Waals surface area contributed by atoms with Gasteiger partial charge in [-0.25, -0.2) is 0 Å². The Morgan fingerprint density at radius 3 is 2.60 bits per heavy atom. The number of rotatable bonds is 3. The molecule has 0 aromatic heterocycles. The summed E-state index contributed by atoms with van der Waals surface area (Å²) in [7, 11) is 2.24. The lowest BCUT2D eigenvalue weighted by molar-refractivity contribution is 0.164. The first-order valence-electron chi connectivity index (χ1n) is 7.67. The van der Waals surface area contributed by atoms with Gasteiger partial charge in [-0.05, 0) is 50.3 Å². The van der Waals surface area contributed by atoms with Gasteiger partial charge >= 0.3 is 0 Å². The molecule has 0 amide bonds. The molecule has 108 valence electrons. The molecular weight excluding hydrogens is 244 g/mol. The van der Waals surface area contributed by atoms with Crippen LogP contribution in [0.3, 0.4) is 0 Å². The zero-order valence-electron chi connectivity index (χ0n) is 12.7. The third kappa shape index (κ3) is 4.10. The van der Waals surface area contributed by atoms with E-state index in [0.29, 0.717) is 6.54 Å². The normalized spacial score (nSPS) is 22.4. The zero-order valence-corrected chi connectivity index (χ0v) is 12.7. The molecule has 2 nitrogen and oxygen atoms in total. The van der Waals surface area contributed by atoms with Crippen molar-refractivity contribution in [3.05, 3.63) is 35.4 Å². The quantitative estimate of drug-likeness (QED) is 0.856. The summed E-state index contributed by atoms with van der Waals surface area (Å²) in [6.07, 6.45) is 5.38. The molecule has 1 aromatic carbocycles. The summed E-state index contributed by atoms with van der Waals surface area (Å²) >= 11 is 0. The highest BCUT2D eigenvalue weighted by Gasteiger charge is 2.21. The minimum atomic E-state index is 0.421. The highest BCUT2D eigenvalue weighted by molar-refractivity contribution is 5.41. The highest BCUT2D eigenvalue weighted by Crippen LogP contribution is 2.27. The van der Waals surface area contributed by atoms with E-state index in [1.54, 1.807) is 0 Å². The lowest BCUT2D eigenvalue weighted by Crippen LogP contribution is -2.34. The molecule has 1 aliphatic carbocycles. The third-order valence-electron chi connectivity index (χ3n) is 4.37. The van der Waals surface area contributed by atoms with Gasteiger partial charge in [0, 0.05) is 18.2 Å². The van der Waals surface area contributed by atoms with Crippen molar-refractivity contribution in [2.45, 2.75) is 45.2 Å². The van der Waals surface area contributed by atoms with Gasteiger partial charge in [0.2, 0.25) is 0 Å². The molecule has 2 rings (SSSR count). The molecule has 1 saturated carbocycles. The summed E-state index contributed by atoms with van der Waals surface area (Å²) in [6.45, 7) is 3.77. The SMILES string of the molecule is CC1CCC(N(C)Cc2ccccc2C#CCN)CC1. The topological polar surface area (TPSA) is 29.3 Å². The van der Waals surface area contributed by atoms with E-state index in [2.05, 4.69) is 48.9 Å². The lowest BCUT2D eigenvalue weighted by Gasteiger charge is -2.33. The monoisotopic (exact) mass is 270 g/mol. The Hall–Kier alpha value is -1.30. The molecule has 0 heterocycles. The number of nitrogens with zero attached hydrogens (tertiary/aromatic N) is 1. The summed E-state index contributed by atoms with van der Waals surface area (Å²) in [6, 6.07) is 9.14. The van der Waals surface area contributed by atoms with Gasteiger partial charge in [0.05, 0.1) is 6.54 Å². The van der Waals surface area contributed by atoms with Crippen molar-refractivity contribution >= 4 is 0 Å². The molecule has 2 heteroatoms. The Labute approximate surface area is 123 Å². The van der Waals surface area contributed by atoms with Gasteiger partial charge in [-0.15, -0.1) is 0 Å². The van der Waals surface area contributed by atoms with Crippen molar-refractivity contribution in [3.8, 4) is 11.8 Å². The van der Waals surface area contributed by atoms with Crippen LogP contribution < -0.4 is 5.73 Å². The van der Waals surface area contributed by atoms with Crippen LogP contribution in [0.4, 0.5) is 0 Å². The molecule has 0 unspecified atom stereocenters. The predicted molar refractivity (Wildman–Crippen MR) is 85.3 cm³/mol. The van der Waals surface area contributed by atoms with Crippen LogP contribution in [0.25, 0.3) is 0 Å². The number of hydrogen-bond acceptors (Lipinski definition) is 2. The zero-order chi connectivity index (χ0) is 14.4. The Morgan fingerprint density at radius 2 is 1.90 bits per heavy atom. The van der Waals surface area contributed by atoms with E-state index in [-0.39, 0.29) is 0 Å². The molecule has 1 aromatic rings. The largest absolute Gasteiger partial charge is 0.320 e. The van der Waals surface area contributed by atoms with E-state index in [0.717, 1.165) is 24.1 Å². The highest BCUT2D eigenvalue weighted by atomic mass is 15.1. The van der Waals surface area contributed by atoms with Crippen molar-refractivity contribution in [2.75, 3.05) is 13.6 Å². The first kappa shape index (κ1) is 15.1. The molecule has 1 fully saturated rings. The van der Waals surface area contributed by atoms with E-state index >= 15 is 0 Å². The van der Waals surface area contributed by atoms with Crippen LogP contribution in [-0.4, -0.2) is 24.5 Å². The number of benzene rings is 1. The van der Waals surface area contributed by atoms with E-state index in [1.165, 1.54) is 31.2 Å². The lowest BCUT2D eigenvalue weighted by atomic mass is 9.86. The summed E-state index contributed by atoms with van der Waals surface area (Å²) < 4.78 is 0. The van der Waals surface area contributed by atoms with Crippen LogP contribution in [0.15, 0.2) is 24.3 Å². The maximum absolute atomic E-state index is 5.47. The second kappa shape index (κ2) is 7.47. The fourth-order valence-electron chi connectivity index (χ4n) is 3.01. The van der Waals surface area contributed by atoms with Crippen molar-refractivity contribution in [1.82, 2.24) is 4.90 Å². The van der Waals surface area contributed by atoms with Gasteiger partial charge < -0.3 is 5.73 Å². The molecular formula is C18H26N2. The van der Waals surface area contributed by atoms with Gasteiger partial charge in [-0.2, -0.15) is 0 Å². The number of nitrogens with two attached hydrogens (primary N) is 1. The van der Waals surface area contributed by atoms with Gasteiger partial charge in [0.25, 0.3) is 0 Å². The van der Waals surface area contributed by atoms with Crippen LogP contribution in [0.2, 0.25) is 0 Å². The molecule has 20 heavy (non-hydrogen) atoms. The fourth-order valence-corrected chi connectivity index (χ4v) is 3.01. The average Bonchev–Trinajstić information content (AvgIpc) is 2.47. The fraction of sp³-hybridized carbons (Fsp3) is 0.556. The predicted octanol–water partition coefficient (Wildman–Crippen LogP) is 3.01. The molecule has 0 atom stereocenters.